The highest BCUT2D eigenvalue weighted by molar-refractivity contribution is 6.00. The third-order valence-corrected chi connectivity index (χ3v) is 4.53. The Hall–Kier alpha value is -3.28. The first-order valence-corrected chi connectivity index (χ1v) is 9.19. The normalized spacial score (nSPS) is 15.1. The van der Waals surface area contributed by atoms with Gasteiger partial charge in [0.25, 0.3) is 0 Å². The van der Waals surface area contributed by atoms with Gasteiger partial charge in [-0.25, -0.2) is 4.79 Å². The van der Waals surface area contributed by atoms with Crippen LogP contribution < -0.4 is 20.3 Å². The van der Waals surface area contributed by atoms with Crippen molar-refractivity contribution in [3.63, 3.8) is 0 Å². The third kappa shape index (κ3) is 4.34. The fourth-order valence-electron chi connectivity index (χ4n) is 2.99. The van der Waals surface area contributed by atoms with Crippen LogP contribution in [0.25, 0.3) is 0 Å². The average molecular weight is 379 g/mol. The van der Waals surface area contributed by atoms with Gasteiger partial charge in [0, 0.05) is 24.8 Å². The van der Waals surface area contributed by atoms with Crippen molar-refractivity contribution in [3.05, 3.63) is 66.7 Å². The van der Waals surface area contributed by atoms with Gasteiger partial charge in [0.2, 0.25) is 5.91 Å². The van der Waals surface area contributed by atoms with Gasteiger partial charge in [0.05, 0.1) is 11.1 Å². The first-order valence-electron chi connectivity index (χ1n) is 9.19. The SMILES string of the molecule is C=CCN1C(=O)C(C)(C)COc2cc(NC(=O)NCc3ccccc3)ccc21. The van der Waals surface area contributed by atoms with Crippen molar-refractivity contribution in [3.8, 4) is 5.75 Å². The highest BCUT2D eigenvalue weighted by Gasteiger charge is 2.37. The molecule has 6 nitrogen and oxygen atoms in total. The van der Waals surface area contributed by atoms with Gasteiger partial charge < -0.3 is 20.3 Å². The van der Waals surface area contributed by atoms with E-state index >= 15 is 0 Å². The fraction of sp³-hybridized carbons (Fsp3) is 0.273. The molecule has 0 unspecified atom stereocenters. The minimum Gasteiger partial charge on any atom is -0.490 e. The van der Waals surface area contributed by atoms with Crippen LogP contribution in [-0.2, 0) is 11.3 Å². The number of fused-ring (bicyclic) bond motifs is 1. The monoisotopic (exact) mass is 379 g/mol. The predicted molar refractivity (Wildman–Crippen MR) is 111 cm³/mol. The number of nitrogens with zero attached hydrogens (tertiary/aromatic N) is 1. The number of hydrogen-bond donors (Lipinski definition) is 2. The van der Waals surface area contributed by atoms with Gasteiger partial charge in [-0.2, -0.15) is 0 Å². The molecule has 0 atom stereocenters. The lowest BCUT2D eigenvalue weighted by Gasteiger charge is -2.27. The van der Waals surface area contributed by atoms with Crippen molar-refractivity contribution >= 4 is 23.3 Å². The highest BCUT2D eigenvalue weighted by Crippen LogP contribution is 2.38. The summed E-state index contributed by atoms with van der Waals surface area (Å²) in [6, 6.07) is 14.6. The summed E-state index contributed by atoms with van der Waals surface area (Å²) in [6.45, 7) is 8.54. The minimum atomic E-state index is -0.650. The number of rotatable bonds is 5. The van der Waals surface area contributed by atoms with Crippen LogP contribution in [0.3, 0.4) is 0 Å². The summed E-state index contributed by atoms with van der Waals surface area (Å²) in [7, 11) is 0. The van der Waals surface area contributed by atoms with E-state index in [0.29, 0.717) is 30.2 Å². The summed E-state index contributed by atoms with van der Waals surface area (Å²) in [4.78, 5) is 26.7. The first kappa shape index (κ1) is 19.5. The molecule has 1 aliphatic rings. The van der Waals surface area contributed by atoms with E-state index in [9.17, 15) is 9.59 Å². The van der Waals surface area contributed by atoms with Gasteiger partial charge in [0.1, 0.15) is 12.4 Å². The molecule has 0 fully saturated rings. The van der Waals surface area contributed by atoms with E-state index in [4.69, 9.17) is 4.74 Å². The van der Waals surface area contributed by atoms with Gasteiger partial charge in [-0.3, -0.25) is 4.79 Å². The molecular formula is C22H25N3O3. The summed E-state index contributed by atoms with van der Waals surface area (Å²) in [5.74, 6) is 0.536. The molecule has 2 aromatic rings. The van der Waals surface area contributed by atoms with Crippen LogP contribution in [0.1, 0.15) is 19.4 Å². The Morgan fingerprint density at radius 2 is 2.00 bits per heavy atom. The molecule has 0 saturated heterocycles. The molecule has 0 bridgehead atoms. The van der Waals surface area contributed by atoms with Crippen molar-refractivity contribution in [1.82, 2.24) is 5.32 Å². The van der Waals surface area contributed by atoms with E-state index in [1.807, 2.05) is 44.2 Å². The molecule has 0 aliphatic carbocycles. The summed E-state index contributed by atoms with van der Waals surface area (Å²) >= 11 is 0. The standard InChI is InChI=1S/C22H25N3O3/c1-4-12-25-18-11-10-17(13-19(18)28-15-22(2,3)20(25)26)24-21(27)23-14-16-8-6-5-7-9-16/h4-11,13H,1,12,14-15H2,2-3H3,(H2,23,24,27). The molecule has 146 valence electrons. The largest absolute Gasteiger partial charge is 0.490 e. The van der Waals surface area contributed by atoms with Crippen LogP contribution in [0.15, 0.2) is 61.2 Å². The molecular weight excluding hydrogens is 354 g/mol. The van der Waals surface area contributed by atoms with E-state index in [0.717, 1.165) is 5.56 Å². The van der Waals surface area contributed by atoms with Gasteiger partial charge in [-0.15, -0.1) is 6.58 Å². The zero-order chi connectivity index (χ0) is 20.1. The highest BCUT2D eigenvalue weighted by atomic mass is 16.5. The number of ether oxygens (including phenoxy) is 1. The summed E-state index contributed by atoms with van der Waals surface area (Å²) in [6.07, 6.45) is 1.69. The molecule has 3 amide bonds. The Kier molecular flexibility index (Phi) is 5.68. The number of carbonyl (C=O) groups is 2. The van der Waals surface area contributed by atoms with Gasteiger partial charge in [0.15, 0.2) is 0 Å². The van der Waals surface area contributed by atoms with Gasteiger partial charge in [-0.05, 0) is 31.5 Å². The Bertz CT molecular complexity index is 878. The summed E-state index contributed by atoms with van der Waals surface area (Å²) in [5, 5.41) is 5.63. The molecule has 0 saturated carbocycles. The topological polar surface area (TPSA) is 70.7 Å². The zero-order valence-corrected chi connectivity index (χ0v) is 16.2. The third-order valence-electron chi connectivity index (χ3n) is 4.53. The maximum atomic E-state index is 12.8. The average Bonchev–Trinajstić information content (AvgIpc) is 2.78. The molecule has 0 radical (unpaired) electrons. The van der Waals surface area contributed by atoms with Crippen LogP contribution in [0.4, 0.5) is 16.2 Å². The molecule has 2 aromatic carbocycles. The molecule has 2 N–H and O–H groups in total. The number of hydrogen-bond acceptors (Lipinski definition) is 3. The molecule has 0 aromatic heterocycles. The number of anilines is 2. The Morgan fingerprint density at radius 3 is 2.71 bits per heavy atom. The number of nitrogens with one attached hydrogen (secondary N) is 2. The Morgan fingerprint density at radius 1 is 1.25 bits per heavy atom. The zero-order valence-electron chi connectivity index (χ0n) is 16.2. The number of carbonyl (C=O) groups excluding carboxylic acids is 2. The molecule has 6 heteroatoms. The Labute approximate surface area is 165 Å². The maximum Gasteiger partial charge on any atom is 0.319 e. The molecule has 0 spiro atoms. The lowest BCUT2D eigenvalue weighted by Crippen LogP contribution is -2.42. The van der Waals surface area contributed by atoms with Gasteiger partial charge >= 0.3 is 6.03 Å². The fourth-order valence-corrected chi connectivity index (χ4v) is 2.99. The second-order valence-electron chi connectivity index (χ2n) is 7.35. The summed E-state index contributed by atoms with van der Waals surface area (Å²) in [5.41, 5.74) is 1.63. The molecule has 3 rings (SSSR count). The van der Waals surface area contributed by atoms with E-state index in [2.05, 4.69) is 17.2 Å². The number of amides is 3. The van der Waals surface area contributed by atoms with Gasteiger partial charge in [-0.1, -0.05) is 36.4 Å². The predicted octanol–water partition coefficient (Wildman–Crippen LogP) is 3.95. The van der Waals surface area contributed by atoms with Crippen molar-refractivity contribution < 1.29 is 14.3 Å². The van der Waals surface area contributed by atoms with E-state index in [-0.39, 0.29) is 18.5 Å². The van der Waals surface area contributed by atoms with Crippen LogP contribution in [0, 0.1) is 5.41 Å². The lowest BCUT2D eigenvalue weighted by atomic mass is 9.93. The van der Waals surface area contributed by atoms with Crippen molar-refractivity contribution in [1.29, 1.82) is 0 Å². The van der Waals surface area contributed by atoms with Crippen molar-refractivity contribution in [2.75, 3.05) is 23.4 Å². The molecule has 1 heterocycles. The maximum absolute atomic E-state index is 12.8. The quantitative estimate of drug-likeness (QED) is 0.773. The Balaban J connectivity index is 1.73. The summed E-state index contributed by atoms with van der Waals surface area (Å²) < 4.78 is 5.89. The number of urea groups is 1. The van der Waals surface area contributed by atoms with E-state index < -0.39 is 5.41 Å². The van der Waals surface area contributed by atoms with E-state index in [1.165, 1.54) is 0 Å². The van der Waals surface area contributed by atoms with Crippen LogP contribution in [0.5, 0.6) is 5.75 Å². The van der Waals surface area contributed by atoms with Crippen LogP contribution in [0.2, 0.25) is 0 Å². The van der Waals surface area contributed by atoms with Crippen LogP contribution in [-0.4, -0.2) is 25.1 Å². The lowest BCUT2D eigenvalue weighted by molar-refractivity contribution is -0.127. The molecule has 28 heavy (non-hydrogen) atoms. The second kappa shape index (κ2) is 8.17. The van der Waals surface area contributed by atoms with E-state index in [1.54, 1.807) is 29.2 Å². The smallest absolute Gasteiger partial charge is 0.319 e. The second-order valence-corrected chi connectivity index (χ2v) is 7.35. The van der Waals surface area contributed by atoms with Crippen molar-refractivity contribution in [2.24, 2.45) is 5.41 Å². The van der Waals surface area contributed by atoms with Crippen molar-refractivity contribution in [2.45, 2.75) is 20.4 Å². The number of benzene rings is 2. The first-order chi connectivity index (χ1) is 13.4. The minimum absolute atomic E-state index is 0.0209. The van der Waals surface area contributed by atoms with Crippen LogP contribution >= 0.6 is 0 Å². The molecule has 1 aliphatic heterocycles.